The van der Waals surface area contributed by atoms with Crippen molar-refractivity contribution in [3.63, 3.8) is 0 Å². The molecule has 0 amide bonds. The number of β-amino-alcohol motifs (C(OH)–C–C–N with tert-alkyl or cyclic N) is 1. The Morgan fingerprint density at radius 2 is 2.26 bits per heavy atom. The lowest BCUT2D eigenvalue weighted by molar-refractivity contribution is 0.0322. The van der Waals surface area contributed by atoms with E-state index in [1.807, 2.05) is 19.1 Å². The van der Waals surface area contributed by atoms with Gasteiger partial charge in [0.25, 0.3) is 0 Å². The highest BCUT2D eigenvalue weighted by Crippen LogP contribution is 2.15. The molecule has 0 aliphatic carbocycles. The van der Waals surface area contributed by atoms with E-state index >= 15 is 0 Å². The number of aliphatic hydroxyl groups is 1. The summed E-state index contributed by atoms with van der Waals surface area (Å²) in [6.45, 7) is 9.33. The molecule has 0 saturated carbocycles. The van der Waals surface area contributed by atoms with E-state index in [1.165, 1.54) is 0 Å². The van der Waals surface area contributed by atoms with E-state index in [0.717, 1.165) is 44.9 Å². The fourth-order valence-electron chi connectivity index (χ4n) is 3.08. The van der Waals surface area contributed by atoms with Crippen molar-refractivity contribution in [3.8, 4) is 11.8 Å². The maximum atomic E-state index is 9.60. The first-order valence-electron chi connectivity index (χ1n) is 8.39. The molecule has 1 aromatic carbocycles. The van der Waals surface area contributed by atoms with Crippen LogP contribution < -0.4 is 4.74 Å². The number of hydrogen-bond donors (Lipinski definition) is 1. The third kappa shape index (κ3) is 5.51. The van der Waals surface area contributed by atoms with E-state index in [0.29, 0.717) is 18.2 Å². The van der Waals surface area contributed by atoms with Crippen molar-refractivity contribution in [2.24, 2.45) is 0 Å². The molecule has 0 radical (unpaired) electrons. The van der Waals surface area contributed by atoms with Crippen molar-refractivity contribution in [3.05, 3.63) is 29.8 Å². The van der Waals surface area contributed by atoms with Gasteiger partial charge in [-0.2, -0.15) is 5.26 Å². The Balaban J connectivity index is 1.77. The summed E-state index contributed by atoms with van der Waals surface area (Å²) in [6.07, 6.45) is 0.820. The van der Waals surface area contributed by atoms with Gasteiger partial charge in [-0.3, -0.25) is 9.80 Å². The number of hydrogen-bond acceptors (Lipinski definition) is 5. The predicted molar refractivity (Wildman–Crippen MR) is 90.4 cm³/mol. The zero-order valence-corrected chi connectivity index (χ0v) is 14.1. The normalized spacial score (nSPS) is 20.9. The van der Waals surface area contributed by atoms with Gasteiger partial charge >= 0.3 is 0 Å². The molecule has 1 saturated heterocycles. The topological polar surface area (TPSA) is 59.7 Å². The van der Waals surface area contributed by atoms with Gasteiger partial charge in [-0.05, 0) is 31.5 Å². The average Bonchev–Trinajstić information content (AvgIpc) is 2.56. The minimum Gasteiger partial charge on any atom is -0.492 e. The molecule has 2 rings (SSSR count). The fraction of sp³-hybridized carbons (Fsp3) is 0.611. The monoisotopic (exact) mass is 317 g/mol. The summed E-state index contributed by atoms with van der Waals surface area (Å²) in [5, 5.41) is 18.5. The van der Waals surface area contributed by atoms with Crippen LogP contribution in [0.25, 0.3) is 0 Å². The molecule has 1 heterocycles. The first-order valence-corrected chi connectivity index (χ1v) is 8.39. The zero-order chi connectivity index (χ0) is 16.7. The number of ether oxygens (including phenoxy) is 1. The Morgan fingerprint density at radius 1 is 1.43 bits per heavy atom. The summed E-state index contributed by atoms with van der Waals surface area (Å²) in [6, 6.07) is 9.90. The fourth-order valence-corrected chi connectivity index (χ4v) is 3.08. The average molecular weight is 317 g/mol. The number of aliphatic hydroxyl groups excluding tert-OH is 1. The lowest BCUT2D eigenvalue weighted by Crippen LogP contribution is -2.55. The van der Waals surface area contributed by atoms with Crippen molar-refractivity contribution in [1.29, 1.82) is 5.26 Å². The SMILES string of the molecule is CC[C@@H]1CN(CCOc2cccc(C#N)c2)CCN1C[C@H](C)O. The first-order chi connectivity index (χ1) is 11.1. The van der Waals surface area contributed by atoms with Gasteiger partial charge in [0, 0.05) is 38.8 Å². The van der Waals surface area contributed by atoms with E-state index in [-0.39, 0.29) is 6.10 Å². The quantitative estimate of drug-likeness (QED) is 0.830. The number of nitriles is 1. The standard InChI is InChI=1S/C18H27N3O2/c1-3-17-14-20(7-8-21(17)13-15(2)22)9-10-23-18-6-4-5-16(11-18)12-19/h4-6,11,15,17,22H,3,7-10,13-14H2,1-2H3/t15-,17+/m0/s1. The van der Waals surface area contributed by atoms with Gasteiger partial charge in [0.2, 0.25) is 0 Å². The van der Waals surface area contributed by atoms with Crippen LogP contribution in [0.3, 0.4) is 0 Å². The maximum Gasteiger partial charge on any atom is 0.120 e. The molecule has 0 bridgehead atoms. The molecule has 1 N–H and O–H groups in total. The molecule has 5 heteroatoms. The molecule has 0 spiro atoms. The Labute approximate surface area is 139 Å². The number of benzene rings is 1. The summed E-state index contributed by atoms with van der Waals surface area (Å²) in [7, 11) is 0. The van der Waals surface area contributed by atoms with Gasteiger partial charge in [0.1, 0.15) is 12.4 Å². The molecule has 2 atom stereocenters. The summed E-state index contributed by atoms with van der Waals surface area (Å²) in [5.74, 6) is 0.754. The van der Waals surface area contributed by atoms with Crippen molar-refractivity contribution in [1.82, 2.24) is 9.80 Å². The molecular weight excluding hydrogens is 290 g/mol. The van der Waals surface area contributed by atoms with E-state index in [1.54, 1.807) is 12.1 Å². The lowest BCUT2D eigenvalue weighted by Gasteiger charge is -2.41. The van der Waals surface area contributed by atoms with Gasteiger partial charge in [0.15, 0.2) is 0 Å². The van der Waals surface area contributed by atoms with Gasteiger partial charge in [-0.25, -0.2) is 0 Å². The van der Waals surface area contributed by atoms with Crippen LogP contribution in [-0.2, 0) is 0 Å². The van der Waals surface area contributed by atoms with Crippen molar-refractivity contribution in [2.45, 2.75) is 32.4 Å². The van der Waals surface area contributed by atoms with Gasteiger partial charge in [0.05, 0.1) is 17.7 Å². The Bertz CT molecular complexity index is 527. The summed E-state index contributed by atoms with van der Waals surface area (Å²) in [5.41, 5.74) is 0.625. The van der Waals surface area contributed by atoms with E-state index < -0.39 is 0 Å². The molecule has 23 heavy (non-hydrogen) atoms. The van der Waals surface area contributed by atoms with Crippen LogP contribution in [0.15, 0.2) is 24.3 Å². The number of rotatable bonds is 7. The van der Waals surface area contributed by atoms with E-state index in [9.17, 15) is 5.11 Å². The third-order valence-electron chi connectivity index (χ3n) is 4.30. The Morgan fingerprint density at radius 3 is 2.96 bits per heavy atom. The van der Waals surface area contributed by atoms with E-state index in [4.69, 9.17) is 10.00 Å². The van der Waals surface area contributed by atoms with Crippen LogP contribution in [0.1, 0.15) is 25.8 Å². The second-order valence-electron chi connectivity index (χ2n) is 6.19. The van der Waals surface area contributed by atoms with Crippen molar-refractivity contribution < 1.29 is 9.84 Å². The van der Waals surface area contributed by atoms with Crippen LogP contribution in [0.4, 0.5) is 0 Å². The van der Waals surface area contributed by atoms with Crippen LogP contribution in [0.5, 0.6) is 5.75 Å². The molecule has 5 nitrogen and oxygen atoms in total. The highest BCUT2D eigenvalue weighted by Gasteiger charge is 2.26. The minimum absolute atomic E-state index is 0.272. The molecular formula is C18H27N3O2. The van der Waals surface area contributed by atoms with Crippen LogP contribution in [0, 0.1) is 11.3 Å². The van der Waals surface area contributed by atoms with Gasteiger partial charge in [-0.15, -0.1) is 0 Å². The molecule has 1 aliphatic heterocycles. The van der Waals surface area contributed by atoms with Crippen LogP contribution in [0.2, 0.25) is 0 Å². The van der Waals surface area contributed by atoms with Gasteiger partial charge in [-0.1, -0.05) is 13.0 Å². The third-order valence-corrected chi connectivity index (χ3v) is 4.30. The molecule has 1 aliphatic rings. The van der Waals surface area contributed by atoms with Gasteiger partial charge < -0.3 is 9.84 Å². The predicted octanol–water partition coefficient (Wildman–Crippen LogP) is 1.71. The highest BCUT2D eigenvalue weighted by molar-refractivity contribution is 5.36. The largest absolute Gasteiger partial charge is 0.492 e. The zero-order valence-electron chi connectivity index (χ0n) is 14.1. The molecule has 1 fully saturated rings. The molecule has 0 unspecified atom stereocenters. The molecule has 1 aromatic rings. The van der Waals surface area contributed by atoms with Crippen molar-refractivity contribution in [2.75, 3.05) is 39.3 Å². The minimum atomic E-state index is -0.272. The Kier molecular flexibility index (Phi) is 6.85. The molecule has 126 valence electrons. The summed E-state index contributed by atoms with van der Waals surface area (Å²) < 4.78 is 5.77. The Hall–Kier alpha value is -1.61. The number of nitrogens with zero attached hydrogens (tertiary/aromatic N) is 3. The second-order valence-corrected chi connectivity index (χ2v) is 6.19. The first kappa shape index (κ1) is 17.7. The smallest absolute Gasteiger partial charge is 0.120 e. The maximum absolute atomic E-state index is 9.60. The second kappa shape index (κ2) is 8.88. The summed E-state index contributed by atoms with van der Waals surface area (Å²) in [4.78, 5) is 4.80. The number of piperazine rings is 1. The lowest BCUT2D eigenvalue weighted by atomic mass is 10.1. The highest BCUT2D eigenvalue weighted by atomic mass is 16.5. The van der Waals surface area contributed by atoms with Crippen molar-refractivity contribution >= 4 is 0 Å². The molecule has 0 aromatic heterocycles. The van der Waals surface area contributed by atoms with Crippen LogP contribution in [-0.4, -0.2) is 66.4 Å². The van der Waals surface area contributed by atoms with E-state index in [2.05, 4.69) is 22.8 Å². The van der Waals surface area contributed by atoms with Crippen LogP contribution >= 0.6 is 0 Å². The summed E-state index contributed by atoms with van der Waals surface area (Å²) >= 11 is 0.